The Morgan fingerprint density at radius 2 is 1.75 bits per heavy atom. The zero-order chi connectivity index (χ0) is 14.9. The SMILES string of the molecule is CN(C(=O)c1c(F)cc(Br)cc1F)C1CCC(=O)CC1. The molecule has 1 aliphatic rings. The van der Waals surface area contributed by atoms with Crippen molar-refractivity contribution in [2.75, 3.05) is 7.05 Å². The largest absolute Gasteiger partial charge is 0.339 e. The molecule has 3 nitrogen and oxygen atoms in total. The van der Waals surface area contributed by atoms with Gasteiger partial charge in [0, 0.05) is 30.4 Å². The summed E-state index contributed by atoms with van der Waals surface area (Å²) in [6.07, 6.45) is 1.91. The lowest BCUT2D eigenvalue weighted by Crippen LogP contribution is -2.40. The minimum Gasteiger partial charge on any atom is -0.339 e. The Hall–Kier alpha value is -1.30. The van der Waals surface area contributed by atoms with Gasteiger partial charge in [-0.2, -0.15) is 0 Å². The van der Waals surface area contributed by atoms with Crippen LogP contribution in [0.3, 0.4) is 0 Å². The summed E-state index contributed by atoms with van der Waals surface area (Å²) in [6, 6.07) is 1.98. The quantitative estimate of drug-likeness (QED) is 0.824. The molecule has 1 saturated carbocycles. The van der Waals surface area contributed by atoms with E-state index >= 15 is 0 Å². The predicted molar refractivity (Wildman–Crippen MR) is 73.4 cm³/mol. The highest BCUT2D eigenvalue weighted by atomic mass is 79.9. The fourth-order valence-corrected chi connectivity index (χ4v) is 2.80. The third-order valence-corrected chi connectivity index (χ3v) is 4.06. The average Bonchev–Trinajstić information content (AvgIpc) is 2.37. The molecule has 1 fully saturated rings. The molecule has 0 N–H and O–H groups in total. The zero-order valence-corrected chi connectivity index (χ0v) is 12.5. The fourth-order valence-electron chi connectivity index (χ4n) is 2.40. The molecule has 0 unspecified atom stereocenters. The highest BCUT2D eigenvalue weighted by molar-refractivity contribution is 9.10. The van der Waals surface area contributed by atoms with Crippen LogP contribution in [0.15, 0.2) is 16.6 Å². The Kier molecular flexibility index (Phi) is 4.52. The molecule has 0 atom stereocenters. The average molecular weight is 346 g/mol. The molecule has 0 bridgehead atoms. The standard InChI is InChI=1S/C14H14BrF2NO2/c1-18(9-2-4-10(19)5-3-9)14(20)13-11(16)6-8(15)7-12(13)17/h6-7,9H,2-5H2,1H3. The Morgan fingerprint density at radius 3 is 2.25 bits per heavy atom. The molecule has 0 saturated heterocycles. The predicted octanol–water partition coefficient (Wildman–Crippen LogP) is 3.31. The fraction of sp³-hybridized carbons (Fsp3) is 0.429. The zero-order valence-electron chi connectivity index (χ0n) is 11.0. The first-order valence-corrected chi connectivity index (χ1v) is 7.13. The summed E-state index contributed by atoms with van der Waals surface area (Å²) in [6.45, 7) is 0. The maximum Gasteiger partial charge on any atom is 0.259 e. The van der Waals surface area contributed by atoms with E-state index in [1.807, 2.05) is 0 Å². The van der Waals surface area contributed by atoms with Crippen LogP contribution in [0.4, 0.5) is 8.78 Å². The number of carbonyl (C=O) groups excluding carboxylic acids is 2. The summed E-state index contributed by atoms with van der Waals surface area (Å²) in [7, 11) is 1.52. The molecule has 0 heterocycles. The van der Waals surface area contributed by atoms with Crippen LogP contribution in [-0.2, 0) is 4.79 Å². The number of hydrogen-bond donors (Lipinski definition) is 0. The van der Waals surface area contributed by atoms with Gasteiger partial charge in [-0.15, -0.1) is 0 Å². The van der Waals surface area contributed by atoms with Gasteiger partial charge >= 0.3 is 0 Å². The van der Waals surface area contributed by atoms with Crippen molar-refractivity contribution in [3.8, 4) is 0 Å². The second-order valence-corrected chi connectivity index (χ2v) is 5.85. The van der Waals surface area contributed by atoms with Crippen molar-refractivity contribution < 1.29 is 18.4 Å². The molecule has 6 heteroatoms. The van der Waals surface area contributed by atoms with E-state index in [9.17, 15) is 18.4 Å². The van der Waals surface area contributed by atoms with Crippen LogP contribution in [-0.4, -0.2) is 29.7 Å². The van der Waals surface area contributed by atoms with Gasteiger partial charge in [0.15, 0.2) is 0 Å². The first-order chi connectivity index (χ1) is 9.40. The molecular weight excluding hydrogens is 332 g/mol. The molecule has 1 aromatic rings. The topological polar surface area (TPSA) is 37.4 Å². The number of Topliss-reactive ketones (excluding diaryl/α,β-unsaturated/α-hetero) is 1. The lowest BCUT2D eigenvalue weighted by Gasteiger charge is -2.31. The van der Waals surface area contributed by atoms with Crippen LogP contribution in [0, 0.1) is 11.6 Å². The van der Waals surface area contributed by atoms with Crippen LogP contribution in [0.1, 0.15) is 36.0 Å². The van der Waals surface area contributed by atoms with Gasteiger partial charge in [0.05, 0.1) is 0 Å². The molecule has 0 spiro atoms. The van der Waals surface area contributed by atoms with Crippen LogP contribution < -0.4 is 0 Å². The van der Waals surface area contributed by atoms with Crippen LogP contribution >= 0.6 is 15.9 Å². The van der Waals surface area contributed by atoms with E-state index in [0.717, 1.165) is 12.1 Å². The third kappa shape index (κ3) is 3.06. The summed E-state index contributed by atoms with van der Waals surface area (Å²) in [4.78, 5) is 24.7. The van der Waals surface area contributed by atoms with Gasteiger partial charge in [-0.05, 0) is 25.0 Å². The van der Waals surface area contributed by atoms with Gasteiger partial charge in [-0.25, -0.2) is 8.78 Å². The van der Waals surface area contributed by atoms with Gasteiger partial charge in [-0.1, -0.05) is 15.9 Å². The van der Waals surface area contributed by atoms with Gasteiger partial charge in [0.25, 0.3) is 5.91 Å². The lowest BCUT2D eigenvalue weighted by atomic mass is 9.93. The Bertz CT molecular complexity index is 529. The molecular formula is C14H14BrF2NO2. The smallest absolute Gasteiger partial charge is 0.259 e. The van der Waals surface area contributed by atoms with E-state index < -0.39 is 23.1 Å². The van der Waals surface area contributed by atoms with Crippen LogP contribution in [0.5, 0.6) is 0 Å². The Balaban J connectivity index is 2.21. The van der Waals surface area contributed by atoms with E-state index in [2.05, 4.69) is 15.9 Å². The van der Waals surface area contributed by atoms with Crippen molar-refractivity contribution in [2.45, 2.75) is 31.7 Å². The monoisotopic (exact) mass is 345 g/mol. The van der Waals surface area contributed by atoms with E-state index in [1.54, 1.807) is 0 Å². The maximum absolute atomic E-state index is 13.8. The molecule has 108 valence electrons. The van der Waals surface area contributed by atoms with E-state index in [0.29, 0.717) is 25.7 Å². The summed E-state index contributed by atoms with van der Waals surface area (Å²) in [5, 5.41) is 0. The van der Waals surface area contributed by atoms with Crippen molar-refractivity contribution in [1.82, 2.24) is 4.90 Å². The molecule has 0 aliphatic heterocycles. The Labute approximate surface area is 124 Å². The minimum absolute atomic E-state index is 0.150. The number of nitrogens with zero attached hydrogens (tertiary/aromatic N) is 1. The third-order valence-electron chi connectivity index (χ3n) is 3.60. The summed E-state index contributed by atoms with van der Waals surface area (Å²) in [5.74, 6) is -2.30. The second-order valence-electron chi connectivity index (χ2n) is 4.93. The summed E-state index contributed by atoms with van der Waals surface area (Å²) < 4.78 is 27.8. The number of benzene rings is 1. The molecule has 2 rings (SSSR count). The summed E-state index contributed by atoms with van der Waals surface area (Å²) >= 11 is 2.97. The van der Waals surface area contributed by atoms with Crippen molar-refractivity contribution in [3.05, 3.63) is 33.8 Å². The number of halogens is 3. The van der Waals surface area contributed by atoms with Gasteiger partial charge in [0.1, 0.15) is 23.0 Å². The normalized spacial score (nSPS) is 16.3. The molecule has 1 aliphatic carbocycles. The first kappa shape index (κ1) is 15.1. The van der Waals surface area contributed by atoms with Gasteiger partial charge in [0.2, 0.25) is 0 Å². The second kappa shape index (κ2) is 5.99. The Morgan fingerprint density at radius 1 is 1.25 bits per heavy atom. The number of amides is 1. The maximum atomic E-state index is 13.8. The van der Waals surface area contributed by atoms with Crippen LogP contribution in [0.2, 0.25) is 0 Å². The van der Waals surface area contributed by atoms with E-state index in [4.69, 9.17) is 0 Å². The van der Waals surface area contributed by atoms with Crippen molar-refractivity contribution in [2.24, 2.45) is 0 Å². The molecule has 1 aromatic carbocycles. The molecule has 0 aromatic heterocycles. The minimum atomic E-state index is -0.888. The molecule has 1 amide bonds. The van der Waals surface area contributed by atoms with Crippen LogP contribution in [0.25, 0.3) is 0 Å². The van der Waals surface area contributed by atoms with Gasteiger partial charge in [-0.3, -0.25) is 9.59 Å². The molecule has 20 heavy (non-hydrogen) atoms. The van der Waals surface area contributed by atoms with E-state index in [-0.39, 0.29) is 16.3 Å². The number of rotatable bonds is 2. The van der Waals surface area contributed by atoms with Gasteiger partial charge < -0.3 is 4.90 Å². The molecule has 0 radical (unpaired) electrons. The number of hydrogen-bond acceptors (Lipinski definition) is 2. The number of carbonyl (C=O) groups is 2. The highest BCUT2D eigenvalue weighted by Crippen LogP contribution is 2.24. The number of ketones is 1. The highest BCUT2D eigenvalue weighted by Gasteiger charge is 2.29. The van der Waals surface area contributed by atoms with Crippen molar-refractivity contribution in [3.63, 3.8) is 0 Å². The first-order valence-electron chi connectivity index (χ1n) is 6.33. The van der Waals surface area contributed by atoms with E-state index in [1.165, 1.54) is 11.9 Å². The van der Waals surface area contributed by atoms with Crippen molar-refractivity contribution in [1.29, 1.82) is 0 Å². The lowest BCUT2D eigenvalue weighted by molar-refractivity contribution is -0.121. The summed E-state index contributed by atoms with van der Waals surface area (Å²) in [5.41, 5.74) is -0.549. The van der Waals surface area contributed by atoms with Crippen molar-refractivity contribution >= 4 is 27.6 Å².